The second-order valence-electron chi connectivity index (χ2n) is 9.39. The fraction of sp³-hybridized carbons (Fsp3) is 0.727. The third kappa shape index (κ3) is 2.47. The maximum atomic E-state index is 13.5. The summed E-state index contributed by atoms with van der Waals surface area (Å²) in [5, 5.41) is 7.59. The molecule has 4 heterocycles. The Balaban J connectivity index is 1.33. The summed E-state index contributed by atoms with van der Waals surface area (Å²) in [6, 6.07) is 1.09. The average molecular weight is 367 g/mol. The molecule has 1 aromatic heterocycles. The van der Waals surface area contributed by atoms with E-state index in [2.05, 4.69) is 26.1 Å². The minimum absolute atomic E-state index is 0.184. The molecule has 5 nitrogen and oxygen atoms in total. The molecule has 6 rings (SSSR count). The van der Waals surface area contributed by atoms with E-state index in [0.717, 1.165) is 49.9 Å². The molecule has 3 aliphatic heterocycles. The van der Waals surface area contributed by atoms with E-state index in [-0.39, 0.29) is 5.91 Å². The molecular weight excluding hydrogens is 336 g/mol. The molecule has 2 bridgehead atoms. The number of rotatable bonds is 1. The summed E-state index contributed by atoms with van der Waals surface area (Å²) in [5.74, 6) is 1.52. The summed E-state index contributed by atoms with van der Waals surface area (Å²) in [6.45, 7) is 3.34. The third-order valence-electron chi connectivity index (χ3n) is 7.93. The number of aromatic amines is 1. The SMILES string of the molecule is O=C(c1n[nH]c2c1CCC2)N1CCCC2=C[C@H]3C[C@@H](CN4CCCC[C@H]34)[C@H]21. The number of amides is 1. The van der Waals surface area contributed by atoms with Gasteiger partial charge in [0.1, 0.15) is 0 Å². The monoisotopic (exact) mass is 366 g/mol. The van der Waals surface area contributed by atoms with E-state index >= 15 is 0 Å². The first-order valence-electron chi connectivity index (χ1n) is 11.1. The van der Waals surface area contributed by atoms with Gasteiger partial charge in [-0.1, -0.05) is 18.1 Å². The molecule has 2 aliphatic carbocycles. The molecule has 3 fully saturated rings. The van der Waals surface area contributed by atoms with Crippen LogP contribution >= 0.6 is 0 Å². The summed E-state index contributed by atoms with van der Waals surface area (Å²) >= 11 is 0. The zero-order valence-electron chi connectivity index (χ0n) is 16.1. The number of likely N-dealkylation sites (tertiary alicyclic amines) is 1. The van der Waals surface area contributed by atoms with Crippen molar-refractivity contribution < 1.29 is 4.79 Å². The van der Waals surface area contributed by atoms with Crippen LogP contribution in [0.2, 0.25) is 0 Å². The van der Waals surface area contributed by atoms with Crippen molar-refractivity contribution in [2.45, 2.75) is 69.9 Å². The van der Waals surface area contributed by atoms with Crippen LogP contribution in [0.1, 0.15) is 66.7 Å². The number of carbonyl (C=O) groups excluding carboxylic acids is 1. The van der Waals surface area contributed by atoms with Gasteiger partial charge in [0.15, 0.2) is 5.69 Å². The van der Waals surface area contributed by atoms with E-state index in [1.54, 1.807) is 5.57 Å². The molecule has 144 valence electrons. The van der Waals surface area contributed by atoms with E-state index in [4.69, 9.17) is 0 Å². The minimum atomic E-state index is 0.184. The summed E-state index contributed by atoms with van der Waals surface area (Å²) < 4.78 is 0. The topological polar surface area (TPSA) is 52.2 Å². The number of hydrogen-bond acceptors (Lipinski definition) is 3. The van der Waals surface area contributed by atoms with Gasteiger partial charge in [-0.05, 0) is 69.7 Å². The fourth-order valence-electron chi connectivity index (χ4n) is 6.83. The van der Waals surface area contributed by atoms with E-state index in [9.17, 15) is 4.79 Å². The molecule has 0 radical (unpaired) electrons. The number of piperidine rings is 3. The van der Waals surface area contributed by atoms with Gasteiger partial charge < -0.3 is 4.90 Å². The zero-order chi connectivity index (χ0) is 18.0. The number of aromatic nitrogens is 2. The second-order valence-corrected chi connectivity index (χ2v) is 9.39. The highest BCUT2D eigenvalue weighted by atomic mass is 16.2. The van der Waals surface area contributed by atoms with E-state index < -0.39 is 0 Å². The normalized spacial score (nSPS) is 35.3. The lowest BCUT2D eigenvalue weighted by Gasteiger charge is -2.54. The van der Waals surface area contributed by atoms with E-state index in [0.29, 0.717) is 12.0 Å². The van der Waals surface area contributed by atoms with Crippen LogP contribution in [0.4, 0.5) is 0 Å². The molecule has 1 amide bonds. The molecule has 0 spiro atoms. The van der Waals surface area contributed by atoms with Crippen molar-refractivity contribution in [1.82, 2.24) is 20.0 Å². The number of carbonyl (C=O) groups is 1. The zero-order valence-corrected chi connectivity index (χ0v) is 16.1. The molecule has 5 aliphatic rings. The highest BCUT2D eigenvalue weighted by Gasteiger charge is 2.47. The molecule has 3 saturated heterocycles. The van der Waals surface area contributed by atoms with Crippen LogP contribution in [0, 0.1) is 11.8 Å². The van der Waals surface area contributed by atoms with Gasteiger partial charge in [-0.15, -0.1) is 0 Å². The first-order valence-corrected chi connectivity index (χ1v) is 11.1. The molecular formula is C22H30N4O. The van der Waals surface area contributed by atoms with Crippen LogP contribution in [0.15, 0.2) is 11.6 Å². The Hall–Kier alpha value is -1.62. The smallest absolute Gasteiger partial charge is 0.275 e. The molecule has 4 atom stereocenters. The van der Waals surface area contributed by atoms with E-state index in [1.165, 1.54) is 56.5 Å². The highest BCUT2D eigenvalue weighted by molar-refractivity contribution is 5.94. The van der Waals surface area contributed by atoms with Crippen LogP contribution in [-0.2, 0) is 12.8 Å². The van der Waals surface area contributed by atoms with E-state index in [1.807, 2.05) is 0 Å². The van der Waals surface area contributed by atoms with Gasteiger partial charge in [0.05, 0.1) is 6.04 Å². The van der Waals surface area contributed by atoms with Crippen molar-refractivity contribution in [3.05, 3.63) is 28.6 Å². The molecule has 5 heteroatoms. The lowest BCUT2D eigenvalue weighted by atomic mass is 9.68. The molecule has 1 N–H and O–H groups in total. The lowest BCUT2D eigenvalue weighted by molar-refractivity contribution is 0.00128. The lowest BCUT2D eigenvalue weighted by Crippen LogP contribution is -2.60. The Morgan fingerprint density at radius 3 is 3.04 bits per heavy atom. The molecule has 1 aromatic rings. The first-order chi connectivity index (χ1) is 13.3. The van der Waals surface area contributed by atoms with Crippen molar-refractivity contribution in [3.63, 3.8) is 0 Å². The maximum Gasteiger partial charge on any atom is 0.275 e. The van der Waals surface area contributed by atoms with Gasteiger partial charge >= 0.3 is 0 Å². The van der Waals surface area contributed by atoms with Crippen molar-refractivity contribution >= 4 is 5.91 Å². The first kappa shape index (κ1) is 16.3. The van der Waals surface area contributed by atoms with Crippen LogP contribution in [-0.4, -0.2) is 57.6 Å². The summed E-state index contributed by atoms with van der Waals surface area (Å²) in [5.41, 5.74) is 4.68. The van der Waals surface area contributed by atoms with Gasteiger partial charge in [0, 0.05) is 30.4 Å². The molecule has 0 unspecified atom stereocenters. The van der Waals surface area contributed by atoms with Gasteiger partial charge in [-0.25, -0.2) is 0 Å². The van der Waals surface area contributed by atoms with Crippen LogP contribution < -0.4 is 0 Å². The maximum absolute atomic E-state index is 13.5. The van der Waals surface area contributed by atoms with Gasteiger partial charge in [0.25, 0.3) is 5.91 Å². The number of nitrogens with one attached hydrogen (secondary N) is 1. The van der Waals surface area contributed by atoms with Crippen molar-refractivity contribution in [1.29, 1.82) is 0 Å². The van der Waals surface area contributed by atoms with Crippen molar-refractivity contribution in [2.24, 2.45) is 11.8 Å². The fourth-order valence-corrected chi connectivity index (χ4v) is 6.83. The number of aryl methyl sites for hydroxylation is 1. The van der Waals surface area contributed by atoms with Crippen LogP contribution in [0.3, 0.4) is 0 Å². The molecule has 0 saturated carbocycles. The van der Waals surface area contributed by atoms with Crippen molar-refractivity contribution in [2.75, 3.05) is 19.6 Å². The van der Waals surface area contributed by atoms with Crippen LogP contribution in [0.25, 0.3) is 0 Å². The number of H-pyrrole nitrogens is 1. The summed E-state index contributed by atoms with van der Waals surface area (Å²) in [4.78, 5) is 18.5. The Morgan fingerprint density at radius 2 is 2.07 bits per heavy atom. The van der Waals surface area contributed by atoms with Crippen LogP contribution in [0.5, 0.6) is 0 Å². The Labute approximate surface area is 161 Å². The average Bonchev–Trinajstić information content (AvgIpc) is 3.31. The van der Waals surface area contributed by atoms with Gasteiger partial charge in [0.2, 0.25) is 0 Å². The second kappa shape index (κ2) is 6.20. The van der Waals surface area contributed by atoms with Gasteiger partial charge in [-0.2, -0.15) is 5.10 Å². The Morgan fingerprint density at radius 1 is 1.11 bits per heavy atom. The third-order valence-corrected chi connectivity index (χ3v) is 7.93. The Kier molecular flexibility index (Phi) is 3.75. The summed E-state index contributed by atoms with van der Waals surface area (Å²) in [7, 11) is 0. The number of hydrogen-bond donors (Lipinski definition) is 1. The predicted molar refractivity (Wildman–Crippen MR) is 104 cm³/mol. The molecule has 0 aromatic carbocycles. The highest BCUT2D eigenvalue weighted by Crippen LogP contribution is 2.45. The number of fused-ring (bicyclic) bond motifs is 7. The summed E-state index contributed by atoms with van der Waals surface area (Å²) in [6.07, 6.45) is 13.5. The number of nitrogens with zero attached hydrogens (tertiary/aromatic N) is 3. The van der Waals surface area contributed by atoms with Gasteiger partial charge in [-0.3, -0.25) is 14.8 Å². The Bertz CT molecular complexity index is 796. The van der Waals surface area contributed by atoms with Crippen molar-refractivity contribution in [3.8, 4) is 0 Å². The molecule has 27 heavy (non-hydrogen) atoms. The largest absolute Gasteiger partial charge is 0.330 e. The minimum Gasteiger partial charge on any atom is -0.330 e. The quantitative estimate of drug-likeness (QED) is 0.778. The standard InChI is InChI=1S/C22H30N4O/c27-22(20-17-6-3-7-18(17)23-24-20)26-10-4-5-14-11-15-12-16(21(14)26)13-25-9-2-1-8-19(15)25/h11,15-16,19,21H,1-10,12-13H2,(H,23,24)/t15-,16-,19+,21-/m0/s1. The predicted octanol–water partition coefficient (Wildman–Crippen LogP) is 2.93.